The molecule has 0 saturated heterocycles. The van der Waals surface area contributed by atoms with Crippen LogP contribution in [0.1, 0.15) is 11.3 Å². The predicted octanol–water partition coefficient (Wildman–Crippen LogP) is 3.16. The summed E-state index contributed by atoms with van der Waals surface area (Å²) in [5, 5.41) is 0. The molecule has 3 rings (SSSR count). The molecule has 2 aromatic carbocycles. The zero-order valence-corrected chi connectivity index (χ0v) is 15.0. The van der Waals surface area contributed by atoms with Gasteiger partial charge in [0.2, 0.25) is 10.0 Å². The van der Waals surface area contributed by atoms with Crippen molar-refractivity contribution in [3.63, 3.8) is 0 Å². The van der Waals surface area contributed by atoms with Crippen molar-refractivity contribution in [3.8, 4) is 5.75 Å². The summed E-state index contributed by atoms with van der Waals surface area (Å²) in [5.74, 6) is 0.311. The average molecular weight is 374 g/mol. The second kappa shape index (κ2) is 7.72. The Morgan fingerprint density at radius 2 is 1.73 bits per heavy atom. The van der Waals surface area contributed by atoms with Crippen LogP contribution in [-0.2, 0) is 23.1 Å². The zero-order valence-electron chi connectivity index (χ0n) is 14.2. The van der Waals surface area contributed by atoms with E-state index >= 15 is 0 Å². The first-order valence-electron chi connectivity index (χ1n) is 8.00. The SMILES string of the molecule is COc1ccc(S(=O)(=O)NCc2cccn2Cc2ccc(F)cc2)cc1. The second-order valence-corrected chi connectivity index (χ2v) is 7.52. The van der Waals surface area contributed by atoms with Crippen LogP contribution in [0.5, 0.6) is 5.75 Å². The highest BCUT2D eigenvalue weighted by atomic mass is 32.2. The summed E-state index contributed by atoms with van der Waals surface area (Å²) in [4.78, 5) is 0.176. The number of sulfonamides is 1. The van der Waals surface area contributed by atoms with Crippen molar-refractivity contribution in [1.29, 1.82) is 0 Å². The molecule has 0 unspecified atom stereocenters. The molecule has 0 fully saturated rings. The van der Waals surface area contributed by atoms with Crippen LogP contribution in [0.3, 0.4) is 0 Å². The molecule has 1 aromatic heterocycles. The van der Waals surface area contributed by atoms with Gasteiger partial charge in [-0.3, -0.25) is 0 Å². The van der Waals surface area contributed by atoms with E-state index in [2.05, 4.69) is 4.72 Å². The molecule has 0 aliphatic rings. The molecule has 1 N–H and O–H groups in total. The summed E-state index contributed by atoms with van der Waals surface area (Å²) in [6, 6.07) is 16.1. The molecule has 5 nitrogen and oxygen atoms in total. The van der Waals surface area contributed by atoms with Gasteiger partial charge >= 0.3 is 0 Å². The lowest BCUT2D eigenvalue weighted by atomic mass is 10.2. The molecular formula is C19H19FN2O3S. The van der Waals surface area contributed by atoms with Gasteiger partial charge in [0.1, 0.15) is 11.6 Å². The lowest BCUT2D eigenvalue weighted by Gasteiger charge is -2.11. The number of methoxy groups -OCH3 is 1. The van der Waals surface area contributed by atoms with Gasteiger partial charge < -0.3 is 9.30 Å². The van der Waals surface area contributed by atoms with Gasteiger partial charge in [-0.2, -0.15) is 0 Å². The summed E-state index contributed by atoms with van der Waals surface area (Å²) in [7, 11) is -2.10. The number of ether oxygens (including phenoxy) is 1. The first kappa shape index (κ1) is 18.2. The van der Waals surface area contributed by atoms with Crippen molar-refractivity contribution in [2.24, 2.45) is 0 Å². The van der Waals surface area contributed by atoms with Crippen molar-refractivity contribution < 1.29 is 17.5 Å². The van der Waals surface area contributed by atoms with Gasteiger partial charge in [0.25, 0.3) is 0 Å². The fourth-order valence-electron chi connectivity index (χ4n) is 2.56. The lowest BCUT2D eigenvalue weighted by Crippen LogP contribution is -2.24. The van der Waals surface area contributed by atoms with Crippen LogP contribution in [0.25, 0.3) is 0 Å². The van der Waals surface area contributed by atoms with Crippen molar-refractivity contribution >= 4 is 10.0 Å². The first-order valence-corrected chi connectivity index (χ1v) is 9.48. The monoisotopic (exact) mass is 374 g/mol. The molecular weight excluding hydrogens is 355 g/mol. The quantitative estimate of drug-likeness (QED) is 0.691. The topological polar surface area (TPSA) is 60.3 Å². The minimum Gasteiger partial charge on any atom is -0.497 e. The molecule has 0 saturated carbocycles. The summed E-state index contributed by atoms with van der Waals surface area (Å²) >= 11 is 0. The molecule has 136 valence electrons. The third-order valence-corrected chi connectivity index (χ3v) is 5.42. The molecule has 3 aromatic rings. The predicted molar refractivity (Wildman–Crippen MR) is 97.0 cm³/mol. The minimum absolute atomic E-state index is 0.155. The number of benzene rings is 2. The Kier molecular flexibility index (Phi) is 5.39. The van der Waals surface area contributed by atoms with E-state index in [1.54, 1.807) is 24.3 Å². The first-order chi connectivity index (χ1) is 12.5. The number of nitrogens with zero attached hydrogens (tertiary/aromatic N) is 1. The van der Waals surface area contributed by atoms with Crippen LogP contribution in [0.4, 0.5) is 4.39 Å². The largest absolute Gasteiger partial charge is 0.497 e. The molecule has 0 radical (unpaired) electrons. The molecule has 0 aliphatic heterocycles. The van der Waals surface area contributed by atoms with Crippen LogP contribution in [-0.4, -0.2) is 20.1 Å². The Balaban J connectivity index is 1.69. The second-order valence-electron chi connectivity index (χ2n) is 5.75. The van der Waals surface area contributed by atoms with E-state index in [0.29, 0.717) is 12.3 Å². The number of halogens is 1. The van der Waals surface area contributed by atoms with Crippen molar-refractivity contribution in [3.05, 3.63) is 83.9 Å². The Bertz CT molecular complexity index is 965. The zero-order chi connectivity index (χ0) is 18.6. The van der Waals surface area contributed by atoms with Gasteiger partial charge in [-0.25, -0.2) is 17.5 Å². The number of rotatable bonds is 7. The van der Waals surface area contributed by atoms with Gasteiger partial charge in [-0.05, 0) is 54.1 Å². The standard InChI is InChI=1S/C19H19FN2O3S/c1-25-18-8-10-19(11-9-18)26(23,24)21-13-17-3-2-12-22(17)14-15-4-6-16(20)7-5-15/h2-12,21H,13-14H2,1H3. The fraction of sp³-hybridized carbons (Fsp3) is 0.158. The molecule has 0 amide bonds. The highest BCUT2D eigenvalue weighted by molar-refractivity contribution is 7.89. The molecule has 0 bridgehead atoms. The third-order valence-electron chi connectivity index (χ3n) is 4.00. The van der Waals surface area contributed by atoms with Crippen molar-refractivity contribution in [2.75, 3.05) is 7.11 Å². The highest BCUT2D eigenvalue weighted by Gasteiger charge is 2.14. The maximum atomic E-state index is 13.0. The van der Waals surface area contributed by atoms with Crippen molar-refractivity contribution in [1.82, 2.24) is 9.29 Å². The van der Waals surface area contributed by atoms with Gasteiger partial charge in [-0.1, -0.05) is 12.1 Å². The van der Waals surface area contributed by atoms with Gasteiger partial charge in [0, 0.05) is 18.4 Å². The van der Waals surface area contributed by atoms with E-state index in [1.807, 2.05) is 22.9 Å². The average Bonchev–Trinajstić information content (AvgIpc) is 3.09. The lowest BCUT2D eigenvalue weighted by molar-refractivity contribution is 0.414. The van der Waals surface area contributed by atoms with Crippen LogP contribution in [0.15, 0.2) is 71.8 Å². The van der Waals surface area contributed by atoms with Crippen molar-refractivity contribution in [2.45, 2.75) is 18.0 Å². The summed E-state index contributed by atoms with van der Waals surface area (Å²) in [6.07, 6.45) is 1.86. The number of nitrogens with one attached hydrogen (secondary N) is 1. The normalized spacial score (nSPS) is 11.5. The third kappa shape index (κ3) is 4.30. The summed E-state index contributed by atoms with van der Waals surface area (Å²) in [6.45, 7) is 0.690. The van der Waals surface area contributed by atoms with Gasteiger partial charge in [0.15, 0.2) is 0 Å². The highest BCUT2D eigenvalue weighted by Crippen LogP contribution is 2.16. The van der Waals surface area contributed by atoms with E-state index in [-0.39, 0.29) is 17.3 Å². The van der Waals surface area contributed by atoms with Crippen LogP contribution in [0, 0.1) is 5.82 Å². The Hall–Kier alpha value is -2.64. The maximum Gasteiger partial charge on any atom is 0.240 e. The fourth-order valence-corrected chi connectivity index (χ4v) is 3.56. The van der Waals surface area contributed by atoms with E-state index in [4.69, 9.17) is 4.74 Å². The Morgan fingerprint density at radius 3 is 2.38 bits per heavy atom. The number of hydrogen-bond acceptors (Lipinski definition) is 3. The minimum atomic E-state index is -3.63. The van der Waals surface area contributed by atoms with Gasteiger partial charge in [0.05, 0.1) is 18.6 Å². The summed E-state index contributed by atoms with van der Waals surface area (Å²) < 4.78 is 47.4. The van der Waals surface area contributed by atoms with Gasteiger partial charge in [-0.15, -0.1) is 0 Å². The van der Waals surface area contributed by atoms with Crippen LogP contribution < -0.4 is 9.46 Å². The smallest absolute Gasteiger partial charge is 0.240 e. The van der Waals surface area contributed by atoms with E-state index < -0.39 is 10.0 Å². The van der Waals surface area contributed by atoms with Crippen LogP contribution in [0.2, 0.25) is 0 Å². The molecule has 26 heavy (non-hydrogen) atoms. The summed E-state index contributed by atoms with van der Waals surface area (Å²) in [5.41, 5.74) is 1.74. The maximum absolute atomic E-state index is 13.0. The Morgan fingerprint density at radius 1 is 1.04 bits per heavy atom. The van der Waals surface area contributed by atoms with E-state index in [9.17, 15) is 12.8 Å². The molecule has 7 heteroatoms. The Labute approximate surface area is 152 Å². The van der Waals surface area contributed by atoms with E-state index in [0.717, 1.165) is 11.3 Å². The van der Waals surface area contributed by atoms with Crippen LogP contribution >= 0.6 is 0 Å². The molecule has 0 spiro atoms. The molecule has 0 atom stereocenters. The molecule has 1 heterocycles. The number of hydrogen-bond donors (Lipinski definition) is 1. The number of aromatic nitrogens is 1. The molecule has 0 aliphatic carbocycles. The van der Waals surface area contributed by atoms with E-state index in [1.165, 1.54) is 31.4 Å².